The van der Waals surface area contributed by atoms with Gasteiger partial charge in [-0.15, -0.1) is 5.10 Å². The molecule has 5 rings (SSSR count). The van der Waals surface area contributed by atoms with Gasteiger partial charge in [0.1, 0.15) is 11.5 Å². The van der Waals surface area contributed by atoms with E-state index in [0.717, 1.165) is 51.3 Å². The fourth-order valence-electron chi connectivity index (χ4n) is 4.86. The van der Waals surface area contributed by atoms with Crippen molar-refractivity contribution in [2.45, 2.75) is 52.9 Å². The molecule has 196 valence electrons. The average molecular weight is 513 g/mol. The molecule has 1 N–H and O–H groups in total. The highest BCUT2D eigenvalue weighted by molar-refractivity contribution is 5.83. The highest BCUT2D eigenvalue weighted by Gasteiger charge is 2.27. The van der Waals surface area contributed by atoms with Gasteiger partial charge in [-0.3, -0.25) is 9.69 Å². The van der Waals surface area contributed by atoms with Gasteiger partial charge in [-0.2, -0.15) is 0 Å². The van der Waals surface area contributed by atoms with Crippen molar-refractivity contribution < 1.29 is 9.15 Å². The number of aryl methyl sites for hydroxylation is 2. The van der Waals surface area contributed by atoms with Crippen LogP contribution in [0, 0.1) is 13.8 Å². The van der Waals surface area contributed by atoms with Crippen molar-refractivity contribution in [1.29, 1.82) is 0 Å². The number of methoxy groups -OCH3 is 1. The molecule has 3 aromatic heterocycles. The quantitative estimate of drug-likeness (QED) is 0.283. The minimum absolute atomic E-state index is 0.0941. The molecule has 5 aromatic rings. The van der Waals surface area contributed by atoms with Crippen molar-refractivity contribution >= 4 is 10.9 Å². The highest BCUT2D eigenvalue weighted by Crippen LogP contribution is 2.28. The fourth-order valence-corrected chi connectivity index (χ4v) is 4.86. The number of benzene rings is 2. The minimum atomic E-state index is -0.150. The molecule has 9 nitrogen and oxygen atoms in total. The Kier molecular flexibility index (Phi) is 7.37. The third-order valence-electron chi connectivity index (χ3n) is 7.12. The first-order chi connectivity index (χ1) is 18.5. The number of hydrogen-bond acceptors (Lipinski definition) is 7. The summed E-state index contributed by atoms with van der Waals surface area (Å²) in [5.74, 6) is 2.34. The maximum atomic E-state index is 13.2. The lowest BCUT2D eigenvalue weighted by atomic mass is 10.0. The van der Waals surface area contributed by atoms with E-state index in [4.69, 9.17) is 9.15 Å². The number of nitrogens with zero attached hydrogens (tertiary/aromatic N) is 5. The maximum absolute atomic E-state index is 13.2. The second kappa shape index (κ2) is 11.0. The van der Waals surface area contributed by atoms with Crippen LogP contribution in [0.4, 0.5) is 0 Å². The Labute approximate surface area is 221 Å². The van der Waals surface area contributed by atoms with Gasteiger partial charge in [-0.25, -0.2) is 4.68 Å². The number of pyridine rings is 1. The third kappa shape index (κ3) is 5.24. The number of hydrogen-bond donors (Lipinski definition) is 1. The molecule has 0 aliphatic heterocycles. The van der Waals surface area contributed by atoms with Gasteiger partial charge in [0.15, 0.2) is 5.82 Å². The Morgan fingerprint density at radius 2 is 1.92 bits per heavy atom. The molecule has 1 unspecified atom stereocenters. The Balaban J connectivity index is 1.49. The van der Waals surface area contributed by atoms with Crippen LogP contribution in [0.5, 0.6) is 5.75 Å². The van der Waals surface area contributed by atoms with Gasteiger partial charge < -0.3 is 14.1 Å². The Morgan fingerprint density at radius 1 is 1.11 bits per heavy atom. The van der Waals surface area contributed by atoms with Crippen molar-refractivity contribution in [2.75, 3.05) is 7.11 Å². The number of ether oxygens (including phenoxy) is 1. The molecule has 38 heavy (non-hydrogen) atoms. The van der Waals surface area contributed by atoms with Crippen LogP contribution in [0.15, 0.2) is 70.1 Å². The van der Waals surface area contributed by atoms with Gasteiger partial charge in [-0.05, 0) is 83.1 Å². The first kappa shape index (κ1) is 25.4. The first-order valence-corrected chi connectivity index (χ1v) is 12.7. The second-order valence-electron chi connectivity index (χ2n) is 9.55. The molecule has 2 aromatic carbocycles. The van der Waals surface area contributed by atoms with Gasteiger partial charge in [0.25, 0.3) is 5.56 Å². The normalized spacial score (nSPS) is 12.3. The Morgan fingerprint density at radius 3 is 2.63 bits per heavy atom. The summed E-state index contributed by atoms with van der Waals surface area (Å²) in [7, 11) is 1.65. The number of fused-ring (bicyclic) bond motifs is 1. The Hall–Kier alpha value is -4.24. The number of rotatable bonds is 10. The highest BCUT2D eigenvalue weighted by atomic mass is 16.5. The molecule has 0 amide bonds. The third-order valence-corrected chi connectivity index (χ3v) is 7.12. The predicted molar refractivity (Wildman–Crippen MR) is 145 cm³/mol. The zero-order chi connectivity index (χ0) is 26.6. The fraction of sp³-hybridized carbons (Fsp3) is 0.310. The van der Waals surface area contributed by atoms with Gasteiger partial charge >= 0.3 is 0 Å². The maximum Gasteiger partial charge on any atom is 0.252 e. The van der Waals surface area contributed by atoms with Crippen LogP contribution >= 0.6 is 0 Å². The van der Waals surface area contributed by atoms with Crippen molar-refractivity contribution in [2.24, 2.45) is 0 Å². The SMILES string of the molecule is CCC(c1nnnn1Cc1ccc(OC)cc1)N(Cc1ccco1)Cc1cc2ccc(C)c(C)c2[nH]c1=O. The van der Waals surface area contributed by atoms with Gasteiger partial charge in [0, 0.05) is 12.1 Å². The van der Waals surface area contributed by atoms with Crippen LogP contribution in [-0.4, -0.2) is 37.2 Å². The molecular formula is C29H32N6O3. The summed E-state index contributed by atoms with van der Waals surface area (Å²) in [5.41, 5.74) is 4.76. The summed E-state index contributed by atoms with van der Waals surface area (Å²) in [6.07, 6.45) is 2.41. The number of H-pyrrole nitrogens is 1. The number of aromatic nitrogens is 5. The van der Waals surface area contributed by atoms with Crippen molar-refractivity contribution in [3.8, 4) is 5.75 Å². The molecule has 0 spiro atoms. The van der Waals surface area contributed by atoms with E-state index in [2.05, 4.69) is 44.5 Å². The van der Waals surface area contributed by atoms with E-state index < -0.39 is 0 Å². The zero-order valence-electron chi connectivity index (χ0n) is 22.1. The van der Waals surface area contributed by atoms with Crippen molar-refractivity contribution in [3.63, 3.8) is 0 Å². The summed E-state index contributed by atoms with van der Waals surface area (Å²) in [4.78, 5) is 18.5. The van der Waals surface area contributed by atoms with E-state index in [0.29, 0.717) is 25.2 Å². The van der Waals surface area contributed by atoms with Crippen molar-refractivity contribution in [3.05, 3.63) is 105 Å². The first-order valence-electron chi connectivity index (χ1n) is 12.7. The van der Waals surface area contributed by atoms with Crippen LogP contribution in [0.25, 0.3) is 10.9 Å². The summed E-state index contributed by atoms with van der Waals surface area (Å²) >= 11 is 0. The molecule has 0 bridgehead atoms. The predicted octanol–water partition coefficient (Wildman–Crippen LogP) is 4.93. The molecule has 0 saturated carbocycles. The molecule has 3 heterocycles. The number of furan rings is 1. The molecule has 0 saturated heterocycles. The zero-order valence-corrected chi connectivity index (χ0v) is 22.1. The lowest BCUT2D eigenvalue weighted by molar-refractivity contribution is 0.149. The van der Waals surface area contributed by atoms with E-state index in [1.54, 1.807) is 13.4 Å². The van der Waals surface area contributed by atoms with Gasteiger partial charge in [0.05, 0.1) is 38.0 Å². The minimum Gasteiger partial charge on any atom is -0.497 e. The summed E-state index contributed by atoms with van der Waals surface area (Å²) in [6, 6.07) is 17.7. The summed E-state index contributed by atoms with van der Waals surface area (Å²) in [6.45, 7) is 7.62. The molecule has 0 aliphatic carbocycles. The van der Waals surface area contributed by atoms with Crippen LogP contribution in [-0.2, 0) is 19.6 Å². The summed E-state index contributed by atoms with van der Waals surface area (Å²) < 4.78 is 12.8. The smallest absolute Gasteiger partial charge is 0.252 e. The van der Waals surface area contributed by atoms with E-state index in [9.17, 15) is 4.79 Å². The molecular weight excluding hydrogens is 480 g/mol. The van der Waals surface area contributed by atoms with E-state index >= 15 is 0 Å². The molecule has 0 aliphatic rings. The standard InChI is InChI=1S/C29H32N6O3/c1-5-26(28-31-32-33-35(28)16-21-9-12-24(37-4)13-10-21)34(18-25-7-6-14-38-25)17-23-15-22-11-8-19(2)20(3)27(22)30-29(23)36/h6-15,26H,5,16-18H2,1-4H3,(H,30,36). The van der Waals surface area contributed by atoms with Gasteiger partial charge in [-0.1, -0.05) is 31.2 Å². The van der Waals surface area contributed by atoms with Crippen LogP contribution in [0.3, 0.4) is 0 Å². The summed E-state index contributed by atoms with van der Waals surface area (Å²) in [5, 5.41) is 13.7. The topological polar surface area (TPSA) is 102 Å². The second-order valence-corrected chi connectivity index (χ2v) is 9.55. The molecule has 1 atom stereocenters. The Bertz CT molecular complexity index is 1570. The largest absolute Gasteiger partial charge is 0.497 e. The van der Waals surface area contributed by atoms with Gasteiger partial charge in [0.2, 0.25) is 0 Å². The molecule has 0 fully saturated rings. The van der Waals surface area contributed by atoms with Crippen molar-refractivity contribution in [1.82, 2.24) is 30.1 Å². The van der Waals surface area contributed by atoms with E-state index in [-0.39, 0.29) is 11.6 Å². The van der Waals surface area contributed by atoms with E-state index in [1.807, 2.05) is 61.0 Å². The average Bonchev–Trinajstić information content (AvgIpc) is 3.61. The lowest BCUT2D eigenvalue weighted by Gasteiger charge is -2.29. The molecule has 9 heteroatoms. The number of tetrazole rings is 1. The number of nitrogens with one attached hydrogen (secondary N) is 1. The van der Waals surface area contributed by atoms with Crippen LogP contribution in [0.1, 0.15) is 53.2 Å². The van der Waals surface area contributed by atoms with Crippen LogP contribution in [0.2, 0.25) is 0 Å². The monoisotopic (exact) mass is 512 g/mol. The van der Waals surface area contributed by atoms with E-state index in [1.165, 1.54) is 0 Å². The molecule has 0 radical (unpaired) electrons. The van der Waals surface area contributed by atoms with Crippen LogP contribution < -0.4 is 10.3 Å². The lowest BCUT2D eigenvalue weighted by Crippen LogP contribution is -2.32. The number of aromatic amines is 1.